The first-order chi connectivity index (χ1) is 13.5. The van der Waals surface area contributed by atoms with Crippen molar-refractivity contribution < 1.29 is 14.0 Å². The number of carbonyl (C=O) groups excluding carboxylic acids is 2. The van der Waals surface area contributed by atoms with Crippen molar-refractivity contribution in [2.45, 2.75) is 37.6 Å². The van der Waals surface area contributed by atoms with Gasteiger partial charge in [0.15, 0.2) is 0 Å². The number of halogens is 1. The maximum atomic E-state index is 13.1. The van der Waals surface area contributed by atoms with Crippen LogP contribution >= 0.6 is 0 Å². The van der Waals surface area contributed by atoms with Crippen molar-refractivity contribution in [3.63, 3.8) is 0 Å². The highest BCUT2D eigenvalue weighted by Gasteiger charge is 2.47. The zero-order valence-corrected chi connectivity index (χ0v) is 15.9. The number of hydrogen-bond donors (Lipinski definition) is 1. The lowest BCUT2D eigenvalue weighted by atomic mass is 9.61. The minimum atomic E-state index is -0.414. The van der Waals surface area contributed by atoms with E-state index in [9.17, 15) is 14.0 Å². The Morgan fingerprint density at radius 1 is 0.929 bits per heavy atom. The quantitative estimate of drug-likeness (QED) is 0.827. The van der Waals surface area contributed by atoms with Crippen LogP contribution in [-0.4, -0.2) is 29.8 Å². The molecule has 0 unspecified atom stereocenters. The second-order valence-corrected chi connectivity index (χ2v) is 8.02. The predicted octanol–water partition coefficient (Wildman–Crippen LogP) is 3.41. The molecule has 5 heteroatoms. The Bertz CT molecular complexity index is 827. The number of benzene rings is 2. The Morgan fingerprint density at radius 3 is 2.14 bits per heavy atom. The first-order valence-corrected chi connectivity index (χ1v) is 9.90. The normalized spacial score (nSPS) is 20.8. The van der Waals surface area contributed by atoms with Crippen LogP contribution in [0.3, 0.4) is 0 Å². The van der Waals surface area contributed by atoms with Crippen LogP contribution in [0.15, 0.2) is 54.6 Å². The zero-order chi connectivity index (χ0) is 19.6. The molecule has 0 bridgehead atoms. The summed E-state index contributed by atoms with van der Waals surface area (Å²) >= 11 is 0. The fraction of sp³-hybridized carbons (Fsp3) is 0.391. The third kappa shape index (κ3) is 3.85. The van der Waals surface area contributed by atoms with Gasteiger partial charge in [0.1, 0.15) is 5.82 Å². The molecule has 1 N–H and O–H groups in total. The van der Waals surface area contributed by atoms with E-state index in [2.05, 4.69) is 22.3 Å². The molecule has 0 saturated carbocycles. The Hall–Kier alpha value is -2.53. The summed E-state index contributed by atoms with van der Waals surface area (Å²) in [7, 11) is 0. The van der Waals surface area contributed by atoms with Crippen LogP contribution in [0.25, 0.3) is 0 Å². The maximum Gasteiger partial charge on any atom is 0.227 e. The molecule has 2 aliphatic heterocycles. The topological polar surface area (TPSA) is 49.4 Å². The molecule has 0 atom stereocenters. The summed E-state index contributed by atoms with van der Waals surface area (Å²) in [5, 5.41) is 2.47. The molecular weight excluding hydrogens is 355 g/mol. The van der Waals surface area contributed by atoms with Crippen molar-refractivity contribution in [3.8, 4) is 0 Å². The smallest absolute Gasteiger partial charge is 0.227 e. The van der Waals surface area contributed by atoms with Gasteiger partial charge in [-0.2, -0.15) is 0 Å². The van der Waals surface area contributed by atoms with E-state index >= 15 is 0 Å². The number of amides is 2. The molecule has 4 nitrogen and oxygen atoms in total. The van der Waals surface area contributed by atoms with E-state index in [1.807, 2.05) is 30.3 Å². The highest BCUT2D eigenvalue weighted by molar-refractivity contribution is 5.99. The molecule has 2 aliphatic rings. The highest BCUT2D eigenvalue weighted by Crippen LogP contribution is 2.45. The summed E-state index contributed by atoms with van der Waals surface area (Å²) in [4.78, 5) is 26.9. The van der Waals surface area contributed by atoms with Crippen LogP contribution in [0, 0.1) is 11.7 Å². The molecule has 2 aromatic rings. The van der Waals surface area contributed by atoms with E-state index in [-0.39, 0.29) is 23.5 Å². The average Bonchev–Trinajstić information content (AvgIpc) is 2.70. The average molecular weight is 380 g/mol. The van der Waals surface area contributed by atoms with E-state index < -0.39 is 5.41 Å². The van der Waals surface area contributed by atoms with Gasteiger partial charge >= 0.3 is 0 Å². The number of piperidine rings is 2. The molecule has 2 fully saturated rings. The SMILES string of the molecule is O=C1CC(c2ccccc2)(C2CCN(Cc3ccc(F)cc3)CC2)CC(=O)N1. The highest BCUT2D eigenvalue weighted by atomic mass is 19.1. The van der Waals surface area contributed by atoms with Crippen LogP contribution in [0.5, 0.6) is 0 Å². The first-order valence-electron chi connectivity index (χ1n) is 9.90. The van der Waals surface area contributed by atoms with Gasteiger partial charge in [-0.1, -0.05) is 42.5 Å². The molecular formula is C23H25FN2O2. The lowest BCUT2D eigenvalue weighted by Gasteiger charge is -2.46. The lowest BCUT2D eigenvalue weighted by Crippen LogP contribution is -2.52. The second-order valence-electron chi connectivity index (χ2n) is 8.02. The van der Waals surface area contributed by atoms with Crippen LogP contribution < -0.4 is 5.32 Å². The summed E-state index contributed by atoms with van der Waals surface area (Å²) in [6.07, 6.45) is 2.62. The first kappa shape index (κ1) is 18.8. The van der Waals surface area contributed by atoms with Crippen LogP contribution in [-0.2, 0) is 21.5 Å². The summed E-state index contributed by atoms with van der Waals surface area (Å²) in [5.74, 6) is -0.274. The summed E-state index contributed by atoms with van der Waals surface area (Å²) in [6.45, 7) is 2.61. The van der Waals surface area contributed by atoms with Crippen LogP contribution in [0.2, 0.25) is 0 Å². The van der Waals surface area contributed by atoms with E-state index in [1.165, 1.54) is 12.1 Å². The largest absolute Gasteiger partial charge is 0.299 e. The van der Waals surface area contributed by atoms with Gasteiger partial charge in [0.2, 0.25) is 11.8 Å². The van der Waals surface area contributed by atoms with Crippen molar-refractivity contribution in [1.29, 1.82) is 0 Å². The van der Waals surface area contributed by atoms with Gasteiger partial charge in [0.05, 0.1) is 0 Å². The number of imide groups is 1. The summed E-state index contributed by atoms with van der Waals surface area (Å²) in [5.41, 5.74) is 1.78. The number of rotatable bonds is 4. The second kappa shape index (κ2) is 7.84. The number of likely N-dealkylation sites (tertiary alicyclic amines) is 1. The van der Waals surface area contributed by atoms with E-state index in [4.69, 9.17) is 0 Å². The lowest BCUT2D eigenvalue weighted by molar-refractivity contribution is -0.137. The molecule has 146 valence electrons. The van der Waals surface area contributed by atoms with Gasteiger partial charge in [-0.05, 0) is 55.1 Å². The third-order valence-corrected chi connectivity index (χ3v) is 6.27. The van der Waals surface area contributed by atoms with Crippen molar-refractivity contribution in [1.82, 2.24) is 10.2 Å². The molecule has 0 aliphatic carbocycles. The van der Waals surface area contributed by atoms with Gasteiger partial charge in [0, 0.05) is 24.8 Å². The fourth-order valence-electron chi connectivity index (χ4n) is 4.87. The van der Waals surface area contributed by atoms with Crippen molar-refractivity contribution in [2.24, 2.45) is 5.92 Å². The number of nitrogens with one attached hydrogen (secondary N) is 1. The fourth-order valence-corrected chi connectivity index (χ4v) is 4.87. The molecule has 0 radical (unpaired) electrons. The Labute approximate surface area is 164 Å². The van der Waals surface area contributed by atoms with Crippen molar-refractivity contribution >= 4 is 11.8 Å². The van der Waals surface area contributed by atoms with Crippen molar-refractivity contribution in [3.05, 3.63) is 71.5 Å². The monoisotopic (exact) mass is 380 g/mol. The van der Waals surface area contributed by atoms with Gasteiger partial charge in [-0.15, -0.1) is 0 Å². The molecule has 4 rings (SSSR count). The third-order valence-electron chi connectivity index (χ3n) is 6.27. The summed E-state index contributed by atoms with van der Waals surface area (Å²) in [6, 6.07) is 16.7. The maximum absolute atomic E-state index is 13.1. The molecule has 2 aromatic carbocycles. The Kier molecular flexibility index (Phi) is 5.27. The number of nitrogens with zero attached hydrogens (tertiary/aromatic N) is 1. The molecule has 0 spiro atoms. The molecule has 2 saturated heterocycles. The van der Waals surface area contributed by atoms with Crippen LogP contribution in [0.1, 0.15) is 36.8 Å². The van der Waals surface area contributed by atoms with E-state index in [0.29, 0.717) is 12.8 Å². The van der Waals surface area contributed by atoms with E-state index in [1.54, 1.807) is 0 Å². The van der Waals surface area contributed by atoms with Gasteiger partial charge in [-0.3, -0.25) is 19.8 Å². The summed E-state index contributed by atoms with van der Waals surface area (Å²) < 4.78 is 13.1. The van der Waals surface area contributed by atoms with Gasteiger partial charge in [0.25, 0.3) is 0 Å². The molecule has 0 aromatic heterocycles. The predicted molar refractivity (Wildman–Crippen MR) is 105 cm³/mol. The Balaban J connectivity index is 1.50. The molecule has 2 heterocycles. The Morgan fingerprint density at radius 2 is 1.54 bits per heavy atom. The standard InChI is InChI=1S/C23H25FN2O2/c24-20-8-6-17(7-9-20)16-26-12-10-19(11-13-26)23(18-4-2-1-3-5-18)14-21(27)25-22(28)15-23/h1-9,19H,10-16H2,(H,25,27,28). The van der Waals surface area contributed by atoms with E-state index in [0.717, 1.165) is 43.6 Å². The molecule has 28 heavy (non-hydrogen) atoms. The van der Waals surface area contributed by atoms with Gasteiger partial charge in [-0.25, -0.2) is 4.39 Å². The number of hydrogen-bond acceptors (Lipinski definition) is 3. The minimum Gasteiger partial charge on any atom is -0.299 e. The van der Waals surface area contributed by atoms with Crippen molar-refractivity contribution in [2.75, 3.05) is 13.1 Å². The molecule has 2 amide bonds. The van der Waals surface area contributed by atoms with Crippen LogP contribution in [0.4, 0.5) is 4.39 Å². The minimum absolute atomic E-state index is 0.172. The zero-order valence-electron chi connectivity index (χ0n) is 15.9. The van der Waals surface area contributed by atoms with Gasteiger partial charge < -0.3 is 0 Å². The number of carbonyl (C=O) groups is 2.